The topological polar surface area (TPSA) is 122 Å². The molecule has 172 valence electrons. The number of H-pyrrole nitrogens is 1. The van der Waals surface area contributed by atoms with Crippen molar-refractivity contribution in [3.63, 3.8) is 0 Å². The fraction of sp³-hybridized carbons (Fsp3) is 0.286. The van der Waals surface area contributed by atoms with E-state index in [9.17, 15) is 13.2 Å². The number of amides is 1. The number of thioether (sulfide) groups is 1. The minimum absolute atomic E-state index is 0.104. The van der Waals surface area contributed by atoms with E-state index in [4.69, 9.17) is 4.74 Å². The Morgan fingerprint density at radius 1 is 1.21 bits per heavy atom. The number of fused-ring (bicyclic) bond motifs is 3. The van der Waals surface area contributed by atoms with E-state index in [-0.39, 0.29) is 16.6 Å². The molecule has 2 aromatic heterocycles. The average molecular weight is 487 g/mol. The van der Waals surface area contributed by atoms with E-state index in [0.717, 1.165) is 16.6 Å². The molecule has 12 heteroatoms. The van der Waals surface area contributed by atoms with Crippen molar-refractivity contribution in [3.8, 4) is 0 Å². The lowest BCUT2D eigenvalue weighted by Crippen LogP contribution is -2.40. The molecule has 4 aromatic rings. The third-order valence-corrected chi connectivity index (χ3v) is 8.26. The zero-order chi connectivity index (χ0) is 23.0. The summed E-state index contributed by atoms with van der Waals surface area (Å²) in [6, 6.07) is 12.5. The fourth-order valence-electron chi connectivity index (χ4n) is 3.69. The number of ether oxygens (including phenoxy) is 1. The van der Waals surface area contributed by atoms with E-state index < -0.39 is 10.0 Å². The second-order valence-corrected chi connectivity index (χ2v) is 10.5. The zero-order valence-electron chi connectivity index (χ0n) is 17.8. The van der Waals surface area contributed by atoms with Crippen molar-refractivity contribution in [1.82, 2.24) is 23.9 Å². The number of nitrogens with one attached hydrogen (secondary N) is 2. The number of carbonyl (C=O) groups excluding carboxylic acids is 1. The summed E-state index contributed by atoms with van der Waals surface area (Å²) in [7, 11) is -3.65. The standard InChI is InChI=1S/C21H22N6O4S2/c1-14-6-7-15(33(29,30)26-8-10-31-11-9-26)12-17(14)22-19(28)13-32-21-25-24-20-23-16-4-2-3-5-18(16)27(20)21/h2-7,12H,8-11,13H2,1H3,(H,22,28)(H,23,24). The predicted octanol–water partition coefficient (Wildman–Crippen LogP) is 2.27. The van der Waals surface area contributed by atoms with Gasteiger partial charge in [0, 0.05) is 18.8 Å². The first-order valence-corrected chi connectivity index (χ1v) is 12.8. The van der Waals surface area contributed by atoms with E-state index in [0.29, 0.717) is 42.9 Å². The number of aryl methyl sites for hydroxylation is 1. The van der Waals surface area contributed by atoms with Crippen LogP contribution < -0.4 is 5.32 Å². The van der Waals surface area contributed by atoms with Crippen LogP contribution in [0.1, 0.15) is 5.56 Å². The first-order chi connectivity index (χ1) is 15.9. The van der Waals surface area contributed by atoms with Gasteiger partial charge in [-0.25, -0.2) is 18.5 Å². The van der Waals surface area contributed by atoms with Gasteiger partial charge in [0.1, 0.15) is 0 Å². The van der Waals surface area contributed by atoms with Gasteiger partial charge in [-0.1, -0.05) is 30.0 Å². The number of carbonyl (C=O) groups is 1. The number of sulfonamides is 1. The van der Waals surface area contributed by atoms with Gasteiger partial charge in [-0.05, 0) is 36.8 Å². The summed E-state index contributed by atoms with van der Waals surface area (Å²) in [5.41, 5.74) is 2.99. The first kappa shape index (κ1) is 21.9. The van der Waals surface area contributed by atoms with Crippen LogP contribution in [-0.4, -0.2) is 70.3 Å². The van der Waals surface area contributed by atoms with Crippen molar-refractivity contribution in [2.75, 3.05) is 37.4 Å². The number of hydrogen-bond donors (Lipinski definition) is 2. The van der Waals surface area contributed by atoms with Crippen LogP contribution in [-0.2, 0) is 19.6 Å². The van der Waals surface area contributed by atoms with Crippen LogP contribution in [0.25, 0.3) is 16.8 Å². The van der Waals surface area contributed by atoms with Crippen molar-refractivity contribution in [1.29, 1.82) is 0 Å². The van der Waals surface area contributed by atoms with E-state index in [1.165, 1.54) is 22.1 Å². The van der Waals surface area contributed by atoms with Crippen molar-refractivity contribution in [2.24, 2.45) is 0 Å². The van der Waals surface area contributed by atoms with E-state index in [2.05, 4.69) is 20.5 Å². The van der Waals surface area contributed by atoms with E-state index in [1.54, 1.807) is 12.1 Å². The molecule has 0 spiro atoms. The molecule has 0 unspecified atom stereocenters. The van der Waals surface area contributed by atoms with Gasteiger partial charge >= 0.3 is 0 Å². The van der Waals surface area contributed by atoms with Crippen LogP contribution in [0.15, 0.2) is 52.5 Å². The molecule has 1 aliphatic rings. The van der Waals surface area contributed by atoms with Gasteiger partial charge in [-0.2, -0.15) is 4.31 Å². The third kappa shape index (κ3) is 4.22. The number of benzene rings is 2. The lowest BCUT2D eigenvalue weighted by atomic mass is 10.2. The second kappa shape index (κ2) is 8.78. The molecule has 0 atom stereocenters. The normalized spacial score (nSPS) is 15.3. The van der Waals surface area contributed by atoms with Crippen molar-refractivity contribution >= 4 is 50.2 Å². The van der Waals surface area contributed by atoms with Crippen LogP contribution in [0.5, 0.6) is 0 Å². The van der Waals surface area contributed by atoms with Gasteiger partial charge in [0.15, 0.2) is 5.16 Å². The molecule has 0 bridgehead atoms. The number of aromatic amines is 1. The van der Waals surface area contributed by atoms with Crippen molar-refractivity contribution in [2.45, 2.75) is 17.0 Å². The number of morpholine rings is 1. The molecule has 5 rings (SSSR count). The molecule has 0 saturated carbocycles. The van der Waals surface area contributed by atoms with Gasteiger partial charge in [0.2, 0.25) is 21.7 Å². The highest BCUT2D eigenvalue weighted by Crippen LogP contribution is 2.25. The monoisotopic (exact) mass is 486 g/mol. The smallest absolute Gasteiger partial charge is 0.243 e. The maximum absolute atomic E-state index is 13.0. The number of para-hydroxylation sites is 2. The Bertz CT molecular complexity index is 1440. The van der Waals surface area contributed by atoms with Crippen LogP contribution in [0.3, 0.4) is 0 Å². The molecule has 33 heavy (non-hydrogen) atoms. The van der Waals surface area contributed by atoms with Gasteiger partial charge in [0.05, 0.1) is 34.9 Å². The Morgan fingerprint density at radius 2 is 2.00 bits per heavy atom. The Morgan fingerprint density at radius 3 is 2.82 bits per heavy atom. The van der Waals surface area contributed by atoms with Crippen LogP contribution in [0.4, 0.5) is 5.69 Å². The second-order valence-electron chi connectivity index (χ2n) is 7.60. The number of aromatic nitrogens is 4. The number of anilines is 1. The molecule has 1 saturated heterocycles. The molecule has 2 N–H and O–H groups in total. The lowest BCUT2D eigenvalue weighted by Gasteiger charge is -2.26. The lowest BCUT2D eigenvalue weighted by molar-refractivity contribution is -0.113. The molecule has 1 aliphatic heterocycles. The van der Waals surface area contributed by atoms with Crippen LogP contribution in [0, 0.1) is 6.92 Å². The summed E-state index contributed by atoms with van der Waals surface area (Å²) in [6.07, 6.45) is 0. The van der Waals surface area contributed by atoms with Gasteiger partial charge in [-0.15, -0.1) is 5.10 Å². The number of hydrogen-bond acceptors (Lipinski definition) is 7. The Balaban J connectivity index is 1.31. The van der Waals surface area contributed by atoms with E-state index >= 15 is 0 Å². The molecular formula is C21H22N6O4S2. The molecule has 3 heterocycles. The highest BCUT2D eigenvalue weighted by atomic mass is 32.2. The minimum atomic E-state index is -3.65. The largest absolute Gasteiger partial charge is 0.379 e. The highest BCUT2D eigenvalue weighted by Gasteiger charge is 2.27. The van der Waals surface area contributed by atoms with Crippen LogP contribution >= 0.6 is 11.8 Å². The molecule has 0 aliphatic carbocycles. The minimum Gasteiger partial charge on any atom is -0.379 e. The number of nitrogens with zero attached hydrogens (tertiary/aromatic N) is 4. The zero-order valence-corrected chi connectivity index (χ0v) is 19.4. The molecule has 10 nitrogen and oxygen atoms in total. The maximum atomic E-state index is 13.0. The average Bonchev–Trinajstić information content (AvgIpc) is 3.39. The quantitative estimate of drug-likeness (QED) is 0.401. The third-order valence-electron chi connectivity index (χ3n) is 5.43. The molecule has 2 aromatic carbocycles. The van der Waals surface area contributed by atoms with Crippen LogP contribution in [0.2, 0.25) is 0 Å². The number of imidazole rings is 1. The summed E-state index contributed by atoms with van der Waals surface area (Å²) in [5.74, 6) is 0.451. The molecule has 1 fully saturated rings. The maximum Gasteiger partial charge on any atom is 0.243 e. The highest BCUT2D eigenvalue weighted by molar-refractivity contribution is 7.99. The SMILES string of the molecule is Cc1ccc(S(=O)(=O)N2CCOCC2)cc1NC(=O)CSc1n[nH]c2nc3ccccc3n12. The first-order valence-electron chi connectivity index (χ1n) is 10.4. The Kier molecular flexibility index (Phi) is 5.83. The summed E-state index contributed by atoms with van der Waals surface area (Å²) in [4.78, 5) is 17.3. The van der Waals surface area contributed by atoms with Crippen molar-refractivity contribution in [3.05, 3.63) is 48.0 Å². The Hall–Kier alpha value is -2.93. The molecular weight excluding hydrogens is 464 g/mol. The Labute approximate surface area is 194 Å². The number of rotatable bonds is 6. The van der Waals surface area contributed by atoms with Gasteiger partial charge < -0.3 is 10.1 Å². The predicted molar refractivity (Wildman–Crippen MR) is 125 cm³/mol. The fourth-order valence-corrected chi connectivity index (χ4v) is 5.88. The summed E-state index contributed by atoms with van der Waals surface area (Å²) in [5, 5.41) is 10.6. The summed E-state index contributed by atoms with van der Waals surface area (Å²) in [6.45, 7) is 3.20. The van der Waals surface area contributed by atoms with Gasteiger partial charge in [-0.3, -0.25) is 9.20 Å². The van der Waals surface area contributed by atoms with Crippen molar-refractivity contribution < 1.29 is 17.9 Å². The van der Waals surface area contributed by atoms with E-state index in [1.807, 2.05) is 35.6 Å². The summed E-state index contributed by atoms with van der Waals surface area (Å²) < 4.78 is 34.4. The molecule has 1 amide bonds. The van der Waals surface area contributed by atoms with Gasteiger partial charge in [0.25, 0.3) is 0 Å². The summed E-state index contributed by atoms with van der Waals surface area (Å²) >= 11 is 1.27. The molecule has 0 radical (unpaired) electrons.